The second kappa shape index (κ2) is 2.46. The highest BCUT2D eigenvalue weighted by molar-refractivity contribution is 4.36. The van der Waals surface area contributed by atoms with Crippen molar-refractivity contribution in [1.82, 2.24) is 5.32 Å². The average molecular weight is 117 g/mol. The van der Waals surface area contributed by atoms with Gasteiger partial charge in [-0.3, -0.25) is 5.32 Å². The first-order valence-corrected chi connectivity index (χ1v) is 2.97. The highest BCUT2D eigenvalue weighted by Gasteiger charge is 2.14. The first-order valence-electron chi connectivity index (χ1n) is 2.97. The molecule has 0 aromatic carbocycles. The normalized spacial score (nSPS) is 16.1. The minimum atomic E-state index is 0.537. The molecule has 0 aromatic rings. The van der Waals surface area contributed by atoms with Gasteiger partial charge < -0.3 is 4.48 Å². The van der Waals surface area contributed by atoms with Crippen molar-refractivity contribution in [2.45, 2.75) is 13.1 Å². The molecule has 0 saturated carbocycles. The third-order valence-corrected chi connectivity index (χ3v) is 1.58. The minimum Gasteiger partial charge on any atom is -0.316 e. The molecule has 1 atom stereocenters. The van der Waals surface area contributed by atoms with Gasteiger partial charge in [0.25, 0.3) is 0 Å². The Kier molecular flexibility index (Phi) is 2.44. The van der Waals surface area contributed by atoms with Crippen molar-refractivity contribution in [3.8, 4) is 0 Å². The summed E-state index contributed by atoms with van der Waals surface area (Å²) in [6.45, 7) is 2.17. The molecule has 8 heavy (non-hydrogen) atoms. The minimum absolute atomic E-state index is 0.537. The Labute approximate surface area is 52.1 Å². The molecule has 0 aliphatic rings. The van der Waals surface area contributed by atoms with E-state index < -0.39 is 0 Å². The number of hydrogen-bond donors (Lipinski definition) is 1. The predicted octanol–water partition coefficient (Wildman–Crippen LogP) is 0.258. The number of quaternary nitrogens is 1. The molecule has 0 saturated heterocycles. The van der Waals surface area contributed by atoms with Crippen molar-refractivity contribution in [3.05, 3.63) is 0 Å². The molecule has 0 heterocycles. The molecule has 0 bridgehead atoms. The molecule has 2 nitrogen and oxygen atoms in total. The van der Waals surface area contributed by atoms with Gasteiger partial charge in [0.2, 0.25) is 0 Å². The van der Waals surface area contributed by atoms with Gasteiger partial charge in [-0.15, -0.1) is 0 Å². The summed E-state index contributed by atoms with van der Waals surface area (Å²) < 4.78 is 0.969. The number of nitrogens with zero attached hydrogens (tertiary/aromatic N) is 1. The van der Waals surface area contributed by atoms with E-state index in [0.29, 0.717) is 6.17 Å². The molecule has 0 aromatic heterocycles. The van der Waals surface area contributed by atoms with E-state index in [1.807, 2.05) is 7.05 Å². The van der Waals surface area contributed by atoms with Crippen LogP contribution in [0.15, 0.2) is 0 Å². The summed E-state index contributed by atoms with van der Waals surface area (Å²) in [6, 6.07) is 0. The molecule has 2 heteroatoms. The Hall–Kier alpha value is -0.0800. The fraction of sp³-hybridized carbons (Fsp3) is 1.00. The smallest absolute Gasteiger partial charge is 0.139 e. The Bertz CT molecular complexity index is 63.4. The first-order chi connectivity index (χ1) is 3.48. The van der Waals surface area contributed by atoms with Crippen LogP contribution in [0.1, 0.15) is 6.92 Å². The van der Waals surface area contributed by atoms with E-state index in [-0.39, 0.29) is 0 Å². The third kappa shape index (κ3) is 2.28. The van der Waals surface area contributed by atoms with E-state index in [2.05, 4.69) is 33.4 Å². The van der Waals surface area contributed by atoms with Gasteiger partial charge in [-0.2, -0.15) is 0 Å². The first kappa shape index (κ1) is 7.92. The van der Waals surface area contributed by atoms with Gasteiger partial charge >= 0.3 is 0 Å². The van der Waals surface area contributed by atoms with Crippen LogP contribution in [0.25, 0.3) is 0 Å². The van der Waals surface area contributed by atoms with Crippen LogP contribution in [-0.4, -0.2) is 38.8 Å². The van der Waals surface area contributed by atoms with Crippen molar-refractivity contribution in [1.29, 1.82) is 0 Å². The van der Waals surface area contributed by atoms with Crippen LogP contribution in [0, 0.1) is 0 Å². The van der Waals surface area contributed by atoms with Gasteiger partial charge in [-0.25, -0.2) is 0 Å². The van der Waals surface area contributed by atoms with Gasteiger partial charge in [0.1, 0.15) is 6.17 Å². The van der Waals surface area contributed by atoms with Crippen LogP contribution in [0.2, 0.25) is 0 Å². The van der Waals surface area contributed by atoms with Crippen LogP contribution in [-0.2, 0) is 0 Å². The zero-order valence-electron chi connectivity index (χ0n) is 6.52. The lowest BCUT2D eigenvalue weighted by Gasteiger charge is -2.30. The molecule has 0 spiro atoms. The van der Waals surface area contributed by atoms with Crippen molar-refractivity contribution < 1.29 is 4.48 Å². The van der Waals surface area contributed by atoms with E-state index in [9.17, 15) is 0 Å². The van der Waals surface area contributed by atoms with Gasteiger partial charge in [-0.1, -0.05) is 0 Å². The predicted molar refractivity (Wildman–Crippen MR) is 36.6 cm³/mol. The van der Waals surface area contributed by atoms with E-state index in [4.69, 9.17) is 0 Å². The molecule has 0 aliphatic carbocycles. The quantitative estimate of drug-likeness (QED) is 0.404. The average Bonchev–Trinajstić information content (AvgIpc) is 1.62. The maximum Gasteiger partial charge on any atom is 0.139 e. The molecule has 1 N–H and O–H groups in total. The van der Waals surface area contributed by atoms with Gasteiger partial charge in [-0.05, 0) is 7.05 Å². The maximum absolute atomic E-state index is 3.18. The molecule has 0 amide bonds. The van der Waals surface area contributed by atoms with Crippen molar-refractivity contribution in [2.75, 3.05) is 28.2 Å². The fourth-order valence-corrected chi connectivity index (χ4v) is 0.387. The topological polar surface area (TPSA) is 12.0 Å². The number of hydrogen-bond acceptors (Lipinski definition) is 1. The maximum atomic E-state index is 3.18. The summed E-state index contributed by atoms with van der Waals surface area (Å²) in [5.41, 5.74) is 0. The summed E-state index contributed by atoms with van der Waals surface area (Å²) in [4.78, 5) is 0. The highest BCUT2D eigenvalue weighted by atomic mass is 15.4. The Morgan fingerprint density at radius 1 is 1.25 bits per heavy atom. The fourth-order valence-electron chi connectivity index (χ4n) is 0.387. The summed E-state index contributed by atoms with van der Waals surface area (Å²) in [6.07, 6.45) is 0.537. The summed E-state index contributed by atoms with van der Waals surface area (Å²) in [7, 11) is 8.48. The van der Waals surface area contributed by atoms with Crippen molar-refractivity contribution in [3.63, 3.8) is 0 Å². The lowest BCUT2D eigenvalue weighted by atomic mass is 10.4. The molecule has 0 rings (SSSR count). The molecule has 0 aliphatic heterocycles. The summed E-state index contributed by atoms with van der Waals surface area (Å²) >= 11 is 0. The van der Waals surface area contributed by atoms with E-state index >= 15 is 0 Å². The second-order valence-electron chi connectivity index (χ2n) is 3.08. The van der Waals surface area contributed by atoms with Crippen LogP contribution >= 0.6 is 0 Å². The molecule has 0 unspecified atom stereocenters. The largest absolute Gasteiger partial charge is 0.316 e. The third-order valence-electron chi connectivity index (χ3n) is 1.58. The zero-order valence-corrected chi connectivity index (χ0v) is 6.52. The SMILES string of the molecule is CN[C@H](C)[N+](C)(C)C. The van der Waals surface area contributed by atoms with Crippen LogP contribution in [0.4, 0.5) is 0 Å². The van der Waals surface area contributed by atoms with Gasteiger partial charge in [0, 0.05) is 6.92 Å². The van der Waals surface area contributed by atoms with Crippen molar-refractivity contribution in [2.24, 2.45) is 0 Å². The number of nitrogens with one attached hydrogen (secondary N) is 1. The zero-order chi connectivity index (χ0) is 6.78. The van der Waals surface area contributed by atoms with Crippen LogP contribution in [0.5, 0.6) is 0 Å². The molecular formula is C6H17N2+. The lowest BCUT2D eigenvalue weighted by molar-refractivity contribution is -0.897. The summed E-state index contributed by atoms with van der Waals surface area (Å²) in [5, 5.41) is 3.18. The monoisotopic (exact) mass is 117 g/mol. The summed E-state index contributed by atoms with van der Waals surface area (Å²) in [5.74, 6) is 0. The van der Waals surface area contributed by atoms with Gasteiger partial charge in [0.05, 0.1) is 21.1 Å². The Morgan fingerprint density at radius 3 is 1.62 bits per heavy atom. The lowest BCUT2D eigenvalue weighted by Crippen LogP contribution is -2.50. The second-order valence-corrected chi connectivity index (χ2v) is 3.08. The van der Waals surface area contributed by atoms with E-state index in [1.54, 1.807) is 0 Å². The van der Waals surface area contributed by atoms with E-state index in [0.717, 1.165) is 4.48 Å². The number of rotatable bonds is 2. The van der Waals surface area contributed by atoms with Crippen LogP contribution in [0.3, 0.4) is 0 Å². The Morgan fingerprint density at radius 2 is 1.62 bits per heavy atom. The van der Waals surface area contributed by atoms with Crippen LogP contribution < -0.4 is 5.32 Å². The standard InChI is InChI=1S/C6H17N2/c1-6(7-2)8(3,4)5/h6-7H,1-5H3/q+1/t6-/m0/s1. The molecule has 50 valence electrons. The molecular weight excluding hydrogens is 100 g/mol. The van der Waals surface area contributed by atoms with E-state index in [1.165, 1.54) is 0 Å². The molecule has 0 radical (unpaired) electrons. The highest BCUT2D eigenvalue weighted by Crippen LogP contribution is 1.95. The Balaban J connectivity index is 3.62. The van der Waals surface area contributed by atoms with Gasteiger partial charge in [0.15, 0.2) is 0 Å². The van der Waals surface area contributed by atoms with Crippen molar-refractivity contribution >= 4 is 0 Å². The molecule has 0 fully saturated rings.